The number of fused-ring (bicyclic) bond motifs is 2. The molecule has 3 N–H and O–H groups in total. The Kier molecular flexibility index (Phi) is 3.59. The van der Waals surface area contributed by atoms with Crippen molar-refractivity contribution in [2.45, 2.75) is 50.0 Å². The Labute approximate surface area is 123 Å². The lowest BCUT2D eigenvalue weighted by Crippen LogP contribution is -2.40. The van der Waals surface area contributed by atoms with Crippen LogP contribution in [0, 0.1) is 17.8 Å². The van der Waals surface area contributed by atoms with Crippen molar-refractivity contribution in [3.63, 3.8) is 0 Å². The fourth-order valence-electron chi connectivity index (χ4n) is 3.63. The van der Waals surface area contributed by atoms with Crippen LogP contribution in [0.25, 0.3) is 0 Å². The van der Waals surface area contributed by atoms with Gasteiger partial charge in [-0.25, -0.2) is 0 Å². The van der Waals surface area contributed by atoms with Gasteiger partial charge in [-0.05, 0) is 32.1 Å². The zero-order chi connectivity index (χ0) is 14.5. The summed E-state index contributed by atoms with van der Waals surface area (Å²) < 4.78 is -0.649. The number of hydrogen-bond acceptors (Lipinski definition) is 5. The van der Waals surface area contributed by atoms with Gasteiger partial charge in [-0.2, -0.15) is 0 Å². The Hall–Kier alpha value is -0.590. The summed E-state index contributed by atoms with van der Waals surface area (Å²) in [4.78, 5) is 16.8. The number of carbonyl (C=O) groups is 1. The lowest BCUT2D eigenvalue weighted by molar-refractivity contribution is -0.122. The van der Waals surface area contributed by atoms with Gasteiger partial charge in [0, 0.05) is 18.4 Å². The molecule has 3 aliphatic rings. The number of aliphatic imine (C=N–C) groups is 1. The van der Waals surface area contributed by atoms with Crippen LogP contribution in [0.3, 0.4) is 0 Å². The van der Waals surface area contributed by atoms with Crippen LogP contribution in [-0.2, 0) is 4.79 Å². The van der Waals surface area contributed by atoms with E-state index in [-0.39, 0.29) is 36.5 Å². The molecule has 112 valence electrons. The fourth-order valence-corrected chi connectivity index (χ4v) is 4.78. The van der Waals surface area contributed by atoms with E-state index in [1.54, 1.807) is 0 Å². The van der Waals surface area contributed by atoms with E-state index in [1.165, 1.54) is 11.8 Å². The summed E-state index contributed by atoms with van der Waals surface area (Å²) in [5.41, 5.74) is 0. The van der Waals surface area contributed by atoms with Crippen molar-refractivity contribution < 1.29 is 15.0 Å². The quantitative estimate of drug-likeness (QED) is 0.718. The van der Waals surface area contributed by atoms with Crippen LogP contribution >= 0.6 is 11.8 Å². The van der Waals surface area contributed by atoms with Crippen LogP contribution in [0.15, 0.2) is 4.99 Å². The summed E-state index contributed by atoms with van der Waals surface area (Å²) >= 11 is 1.42. The van der Waals surface area contributed by atoms with E-state index in [1.807, 2.05) is 13.8 Å². The normalized spacial score (nSPS) is 47.0. The van der Waals surface area contributed by atoms with Gasteiger partial charge in [0.25, 0.3) is 0 Å². The summed E-state index contributed by atoms with van der Waals surface area (Å²) in [7, 11) is 0. The molecule has 0 spiro atoms. The molecule has 0 unspecified atom stereocenters. The van der Waals surface area contributed by atoms with Crippen LogP contribution in [0.5, 0.6) is 0 Å². The monoisotopic (exact) mass is 298 g/mol. The maximum absolute atomic E-state index is 12.1. The minimum atomic E-state index is -0.649. The van der Waals surface area contributed by atoms with Crippen LogP contribution in [-0.4, -0.2) is 44.8 Å². The van der Waals surface area contributed by atoms with Gasteiger partial charge < -0.3 is 15.5 Å². The number of nitrogens with zero attached hydrogens (tertiary/aromatic N) is 1. The average molecular weight is 298 g/mol. The predicted octanol–water partition coefficient (Wildman–Crippen LogP) is 0.752. The SMILES string of the molecule is C[C@H](CO)[C@]1(C)SC(=N[C@H]2C[C@H]3C[C@@H]2[C@H](O)C3)NC1=O. The molecular formula is C14H22N2O3S. The zero-order valence-corrected chi connectivity index (χ0v) is 12.7. The van der Waals surface area contributed by atoms with Crippen molar-refractivity contribution in [3.05, 3.63) is 0 Å². The number of aliphatic hydroxyl groups is 2. The van der Waals surface area contributed by atoms with Gasteiger partial charge in [0.15, 0.2) is 5.17 Å². The summed E-state index contributed by atoms with van der Waals surface area (Å²) in [5.74, 6) is 0.652. The zero-order valence-electron chi connectivity index (χ0n) is 11.9. The largest absolute Gasteiger partial charge is 0.396 e. The van der Waals surface area contributed by atoms with Crippen LogP contribution < -0.4 is 5.32 Å². The fraction of sp³-hybridized carbons (Fsp3) is 0.857. The highest BCUT2D eigenvalue weighted by Crippen LogP contribution is 2.47. The van der Waals surface area contributed by atoms with Crippen molar-refractivity contribution >= 4 is 22.8 Å². The third-order valence-electron chi connectivity index (χ3n) is 5.22. The van der Waals surface area contributed by atoms with Gasteiger partial charge in [0.1, 0.15) is 4.75 Å². The molecule has 3 fully saturated rings. The molecule has 0 radical (unpaired) electrons. The first-order chi connectivity index (χ1) is 9.44. The second kappa shape index (κ2) is 5.00. The highest BCUT2D eigenvalue weighted by Gasteiger charge is 2.49. The number of amides is 1. The molecule has 2 bridgehead atoms. The molecular weight excluding hydrogens is 276 g/mol. The first-order valence-corrected chi connectivity index (χ1v) is 8.13. The Balaban J connectivity index is 1.74. The van der Waals surface area contributed by atoms with E-state index >= 15 is 0 Å². The smallest absolute Gasteiger partial charge is 0.242 e. The molecule has 0 aromatic heterocycles. The number of rotatable bonds is 3. The molecule has 20 heavy (non-hydrogen) atoms. The average Bonchev–Trinajstić information content (AvgIpc) is 3.03. The molecule has 1 heterocycles. The third-order valence-corrected chi connectivity index (χ3v) is 6.63. The Morgan fingerprint density at radius 1 is 1.50 bits per heavy atom. The van der Waals surface area contributed by atoms with Crippen molar-refractivity contribution in [1.29, 1.82) is 0 Å². The molecule has 1 saturated heterocycles. The van der Waals surface area contributed by atoms with Gasteiger partial charge in [0.05, 0.1) is 12.1 Å². The number of amidine groups is 1. The van der Waals surface area contributed by atoms with Crippen LogP contribution in [0.1, 0.15) is 33.1 Å². The van der Waals surface area contributed by atoms with E-state index in [4.69, 9.17) is 0 Å². The molecule has 2 aliphatic carbocycles. The Morgan fingerprint density at radius 2 is 2.25 bits per heavy atom. The standard InChI is InChI=1S/C14H22N2O3S/c1-7(6-17)14(2)12(19)16-13(20-14)15-10-4-8-3-9(10)11(18)5-8/h7-11,17-18H,3-6H2,1-2H3,(H,15,16,19)/t7-,8-,9+,10+,11-,14+/m1/s1. The molecule has 5 nitrogen and oxygen atoms in total. The number of thioether (sulfide) groups is 1. The molecule has 0 aromatic rings. The predicted molar refractivity (Wildman–Crippen MR) is 78.4 cm³/mol. The summed E-state index contributed by atoms with van der Waals surface area (Å²) in [6, 6.07) is 0.137. The summed E-state index contributed by atoms with van der Waals surface area (Å²) in [6.45, 7) is 3.71. The maximum Gasteiger partial charge on any atom is 0.242 e. The van der Waals surface area contributed by atoms with Gasteiger partial charge in [-0.15, -0.1) is 0 Å². The first kappa shape index (κ1) is 14.4. The van der Waals surface area contributed by atoms with Crippen molar-refractivity contribution in [1.82, 2.24) is 5.32 Å². The molecule has 6 atom stereocenters. The first-order valence-electron chi connectivity index (χ1n) is 7.31. The Morgan fingerprint density at radius 3 is 2.85 bits per heavy atom. The van der Waals surface area contributed by atoms with E-state index in [2.05, 4.69) is 10.3 Å². The van der Waals surface area contributed by atoms with Crippen LogP contribution in [0.4, 0.5) is 0 Å². The highest BCUT2D eigenvalue weighted by molar-refractivity contribution is 8.16. The van der Waals surface area contributed by atoms with Gasteiger partial charge in [-0.1, -0.05) is 18.7 Å². The maximum atomic E-state index is 12.1. The lowest BCUT2D eigenvalue weighted by atomic mass is 9.93. The lowest BCUT2D eigenvalue weighted by Gasteiger charge is -2.25. The number of nitrogens with one attached hydrogen (secondary N) is 1. The van der Waals surface area contributed by atoms with Gasteiger partial charge >= 0.3 is 0 Å². The molecule has 3 rings (SSSR count). The summed E-state index contributed by atoms with van der Waals surface area (Å²) in [6.07, 6.45) is 2.76. The van der Waals surface area contributed by atoms with Crippen molar-refractivity contribution in [3.8, 4) is 0 Å². The molecule has 1 amide bonds. The molecule has 0 aromatic carbocycles. The number of hydrogen-bond donors (Lipinski definition) is 3. The van der Waals surface area contributed by atoms with Crippen LogP contribution in [0.2, 0.25) is 0 Å². The van der Waals surface area contributed by atoms with E-state index < -0.39 is 4.75 Å². The van der Waals surface area contributed by atoms with Crippen molar-refractivity contribution in [2.75, 3.05) is 6.61 Å². The van der Waals surface area contributed by atoms with Gasteiger partial charge in [0.2, 0.25) is 5.91 Å². The van der Waals surface area contributed by atoms with E-state index in [0.29, 0.717) is 11.1 Å². The number of carbonyl (C=O) groups excluding carboxylic acids is 1. The second-order valence-electron chi connectivity index (χ2n) is 6.55. The topological polar surface area (TPSA) is 81.9 Å². The molecule has 6 heteroatoms. The highest BCUT2D eigenvalue weighted by atomic mass is 32.2. The summed E-state index contributed by atoms with van der Waals surface area (Å²) in [5, 5.41) is 22.7. The van der Waals surface area contributed by atoms with Gasteiger partial charge in [-0.3, -0.25) is 9.79 Å². The number of aliphatic hydroxyl groups excluding tert-OH is 2. The second-order valence-corrected chi connectivity index (χ2v) is 7.99. The van der Waals surface area contributed by atoms with E-state index in [0.717, 1.165) is 19.3 Å². The minimum Gasteiger partial charge on any atom is -0.396 e. The van der Waals surface area contributed by atoms with Crippen molar-refractivity contribution in [2.24, 2.45) is 22.7 Å². The minimum absolute atomic E-state index is 0.0168. The Bertz CT molecular complexity index is 456. The van der Waals surface area contributed by atoms with E-state index in [9.17, 15) is 15.0 Å². The third kappa shape index (κ3) is 2.18. The molecule has 2 saturated carbocycles. The molecule has 1 aliphatic heterocycles.